The highest BCUT2D eigenvalue weighted by atomic mass is 19.1. The maximum absolute atomic E-state index is 14.0. The van der Waals surface area contributed by atoms with Crippen molar-refractivity contribution in [3.63, 3.8) is 0 Å². The largest absolute Gasteiger partial charge is 0.409 e. The van der Waals surface area contributed by atoms with Gasteiger partial charge in [0.15, 0.2) is 5.84 Å². The van der Waals surface area contributed by atoms with Crippen LogP contribution in [0.3, 0.4) is 0 Å². The maximum atomic E-state index is 14.0. The Labute approximate surface area is 110 Å². The Balaban J connectivity index is 2.37. The Hall–Kier alpha value is -2.56. The lowest BCUT2D eigenvalue weighted by molar-refractivity contribution is 0.318. The van der Waals surface area contributed by atoms with E-state index in [1.807, 2.05) is 30.3 Å². The monoisotopic (exact) mass is 259 g/mol. The van der Waals surface area contributed by atoms with Crippen LogP contribution >= 0.6 is 0 Å². The average molecular weight is 259 g/mol. The summed E-state index contributed by atoms with van der Waals surface area (Å²) in [6.45, 7) is 0. The lowest BCUT2D eigenvalue weighted by Crippen LogP contribution is -2.15. The van der Waals surface area contributed by atoms with Crippen molar-refractivity contribution >= 4 is 17.2 Å². The number of oxime groups is 1. The highest BCUT2D eigenvalue weighted by Gasteiger charge is 2.11. The quantitative estimate of drug-likeness (QED) is 0.385. The van der Waals surface area contributed by atoms with Crippen LogP contribution in [0.25, 0.3) is 0 Å². The molecule has 0 amide bonds. The van der Waals surface area contributed by atoms with E-state index < -0.39 is 5.82 Å². The van der Waals surface area contributed by atoms with E-state index >= 15 is 0 Å². The Bertz CT molecular complexity index is 599. The maximum Gasteiger partial charge on any atom is 0.170 e. The molecule has 0 atom stereocenters. The second kappa shape index (κ2) is 5.39. The fourth-order valence-corrected chi connectivity index (χ4v) is 1.79. The van der Waals surface area contributed by atoms with Crippen LogP contribution in [0.2, 0.25) is 0 Å². The van der Waals surface area contributed by atoms with Gasteiger partial charge in [-0.15, -0.1) is 0 Å². The van der Waals surface area contributed by atoms with Gasteiger partial charge in [-0.3, -0.25) is 0 Å². The van der Waals surface area contributed by atoms with Crippen molar-refractivity contribution in [3.8, 4) is 0 Å². The second-order valence-electron chi connectivity index (χ2n) is 4.05. The van der Waals surface area contributed by atoms with Crippen molar-refractivity contribution in [3.05, 3.63) is 59.9 Å². The molecule has 0 radical (unpaired) electrons. The molecule has 0 heterocycles. The minimum atomic E-state index is -0.435. The number of nitrogens with two attached hydrogens (primary N) is 1. The van der Waals surface area contributed by atoms with E-state index in [1.54, 1.807) is 24.1 Å². The molecule has 2 aromatic carbocycles. The highest BCUT2D eigenvalue weighted by Crippen LogP contribution is 2.26. The van der Waals surface area contributed by atoms with E-state index in [2.05, 4.69) is 5.16 Å². The summed E-state index contributed by atoms with van der Waals surface area (Å²) >= 11 is 0. The van der Waals surface area contributed by atoms with Gasteiger partial charge in [-0.2, -0.15) is 0 Å². The summed E-state index contributed by atoms with van der Waals surface area (Å²) in [7, 11) is 1.77. The number of nitrogens with zero attached hydrogens (tertiary/aromatic N) is 2. The number of hydrogen-bond donors (Lipinski definition) is 2. The second-order valence-corrected chi connectivity index (χ2v) is 4.05. The van der Waals surface area contributed by atoms with Gasteiger partial charge in [0, 0.05) is 18.3 Å². The predicted molar refractivity (Wildman–Crippen MR) is 73.4 cm³/mol. The van der Waals surface area contributed by atoms with Crippen LogP contribution in [-0.2, 0) is 0 Å². The van der Waals surface area contributed by atoms with Crippen LogP contribution < -0.4 is 10.6 Å². The number of amidine groups is 1. The standard InChI is InChI=1S/C14H14FN3O/c1-18(11-5-3-2-4-6-11)13-8-7-10(9-12(13)15)14(16)17-19/h2-9,19H,1H3,(H2,16,17). The van der Waals surface area contributed by atoms with Crippen molar-refractivity contribution in [2.24, 2.45) is 10.9 Å². The van der Waals surface area contributed by atoms with Crippen molar-refractivity contribution in [2.75, 3.05) is 11.9 Å². The number of rotatable bonds is 3. The van der Waals surface area contributed by atoms with E-state index in [9.17, 15) is 4.39 Å². The Kier molecular flexibility index (Phi) is 3.66. The lowest BCUT2D eigenvalue weighted by Gasteiger charge is -2.20. The van der Waals surface area contributed by atoms with Crippen molar-refractivity contribution < 1.29 is 9.60 Å². The third kappa shape index (κ3) is 2.65. The summed E-state index contributed by atoms with van der Waals surface area (Å²) < 4.78 is 14.0. The molecule has 0 aromatic heterocycles. The minimum absolute atomic E-state index is 0.118. The van der Waals surface area contributed by atoms with Gasteiger partial charge in [-0.05, 0) is 30.3 Å². The third-order valence-corrected chi connectivity index (χ3v) is 2.86. The lowest BCUT2D eigenvalue weighted by atomic mass is 10.1. The third-order valence-electron chi connectivity index (χ3n) is 2.86. The molecule has 3 N–H and O–H groups in total. The topological polar surface area (TPSA) is 61.8 Å². The molecular formula is C14H14FN3O. The number of hydrogen-bond acceptors (Lipinski definition) is 3. The molecule has 0 unspecified atom stereocenters. The molecule has 0 aliphatic rings. The van der Waals surface area contributed by atoms with Crippen LogP contribution in [-0.4, -0.2) is 18.1 Å². The number of benzene rings is 2. The zero-order valence-electron chi connectivity index (χ0n) is 10.4. The summed E-state index contributed by atoms with van der Waals surface area (Å²) in [4.78, 5) is 1.73. The highest BCUT2D eigenvalue weighted by molar-refractivity contribution is 5.97. The zero-order chi connectivity index (χ0) is 13.8. The van der Waals surface area contributed by atoms with Gasteiger partial charge in [-0.25, -0.2) is 4.39 Å². The molecule has 4 nitrogen and oxygen atoms in total. The Morgan fingerprint density at radius 1 is 1.21 bits per heavy atom. The first-order valence-electron chi connectivity index (χ1n) is 5.69. The Morgan fingerprint density at radius 3 is 2.47 bits per heavy atom. The van der Waals surface area contributed by atoms with Gasteiger partial charge in [0.05, 0.1) is 5.69 Å². The first kappa shape index (κ1) is 12.9. The first-order valence-corrected chi connectivity index (χ1v) is 5.69. The van der Waals surface area contributed by atoms with E-state index in [0.717, 1.165) is 5.69 Å². The molecule has 2 aromatic rings. The van der Waals surface area contributed by atoms with E-state index in [0.29, 0.717) is 11.3 Å². The summed E-state index contributed by atoms with van der Waals surface area (Å²) in [6.07, 6.45) is 0. The average Bonchev–Trinajstić information content (AvgIpc) is 2.46. The molecule has 2 rings (SSSR count). The van der Waals surface area contributed by atoms with Crippen LogP contribution in [0.4, 0.5) is 15.8 Å². The molecule has 0 spiro atoms. The molecule has 98 valence electrons. The molecule has 0 bridgehead atoms. The number of halogens is 1. The summed E-state index contributed by atoms with van der Waals surface area (Å²) in [5.74, 6) is -0.553. The zero-order valence-corrected chi connectivity index (χ0v) is 10.4. The van der Waals surface area contributed by atoms with Crippen LogP contribution in [0.1, 0.15) is 5.56 Å². The van der Waals surface area contributed by atoms with Gasteiger partial charge in [0.2, 0.25) is 0 Å². The minimum Gasteiger partial charge on any atom is -0.409 e. The fraction of sp³-hybridized carbons (Fsp3) is 0.0714. The molecule has 5 heteroatoms. The van der Waals surface area contributed by atoms with Crippen LogP contribution in [0, 0.1) is 5.82 Å². The van der Waals surface area contributed by atoms with Gasteiger partial charge >= 0.3 is 0 Å². The van der Waals surface area contributed by atoms with Crippen molar-refractivity contribution in [2.45, 2.75) is 0 Å². The summed E-state index contributed by atoms with van der Waals surface area (Å²) in [5.41, 5.74) is 7.05. The van der Waals surface area contributed by atoms with Gasteiger partial charge in [-0.1, -0.05) is 23.4 Å². The fourth-order valence-electron chi connectivity index (χ4n) is 1.79. The first-order chi connectivity index (χ1) is 9.13. The van der Waals surface area contributed by atoms with Crippen molar-refractivity contribution in [1.29, 1.82) is 0 Å². The number of anilines is 2. The number of para-hydroxylation sites is 1. The Morgan fingerprint density at radius 2 is 1.89 bits per heavy atom. The SMILES string of the molecule is CN(c1ccccc1)c1ccc(/C(N)=N/O)cc1F. The smallest absolute Gasteiger partial charge is 0.170 e. The molecule has 19 heavy (non-hydrogen) atoms. The molecule has 0 saturated carbocycles. The van der Waals surface area contributed by atoms with Gasteiger partial charge in [0.25, 0.3) is 0 Å². The van der Waals surface area contributed by atoms with Crippen LogP contribution in [0.15, 0.2) is 53.7 Å². The molecule has 0 aliphatic heterocycles. The van der Waals surface area contributed by atoms with Crippen LogP contribution in [0.5, 0.6) is 0 Å². The molecule has 0 aliphatic carbocycles. The van der Waals surface area contributed by atoms with E-state index in [4.69, 9.17) is 10.9 Å². The predicted octanol–water partition coefficient (Wildman–Crippen LogP) is 2.69. The molecular weight excluding hydrogens is 245 g/mol. The van der Waals surface area contributed by atoms with Gasteiger partial charge in [0.1, 0.15) is 5.82 Å². The van der Waals surface area contributed by atoms with Crippen molar-refractivity contribution in [1.82, 2.24) is 0 Å². The van der Waals surface area contributed by atoms with E-state index in [1.165, 1.54) is 6.07 Å². The normalized spacial score (nSPS) is 11.4. The summed E-state index contributed by atoms with van der Waals surface area (Å²) in [6, 6.07) is 13.9. The molecule has 0 fully saturated rings. The molecule has 0 saturated heterocycles. The van der Waals surface area contributed by atoms with Gasteiger partial charge < -0.3 is 15.8 Å². The van der Waals surface area contributed by atoms with E-state index in [-0.39, 0.29) is 5.84 Å². The summed E-state index contributed by atoms with van der Waals surface area (Å²) in [5, 5.41) is 11.4.